The van der Waals surface area contributed by atoms with Crippen molar-refractivity contribution >= 4 is 50.3 Å². The number of fused-ring (bicyclic) bond motifs is 1. The molecular weight excluding hydrogens is 336 g/mol. The molecule has 116 valence electrons. The summed E-state index contributed by atoms with van der Waals surface area (Å²) in [5, 5.41) is 14.9. The summed E-state index contributed by atoms with van der Waals surface area (Å²) in [5.41, 5.74) is 0.769. The summed E-state index contributed by atoms with van der Waals surface area (Å²) in [7, 11) is 0. The fourth-order valence-electron chi connectivity index (χ4n) is 2.30. The second-order valence-electron chi connectivity index (χ2n) is 4.90. The average molecular weight is 347 g/mol. The number of nitro groups is 1. The molecule has 0 unspecified atom stereocenters. The van der Waals surface area contributed by atoms with Crippen LogP contribution in [0.5, 0.6) is 0 Å². The number of anilines is 1. The number of carbonyl (C=O) groups is 1. The summed E-state index contributed by atoms with van der Waals surface area (Å²) < 4.78 is 0.915. The van der Waals surface area contributed by atoms with Crippen molar-refractivity contribution in [2.45, 2.75) is 6.92 Å². The minimum absolute atomic E-state index is 0.0368. The van der Waals surface area contributed by atoms with Gasteiger partial charge in [0.15, 0.2) is 0 Å². The first-order valence-corrected chi connectivity index (χ1v) is 7.91. The van der Waals surface area contributed by atoms with E-state index in [-0.39, 0.29) is 11.6 Å². The van der Waals surface area contributed by atoms with E-state index in [1.54, 1.807) is 13.0 Å². The predicted molar refractivity (Wildman–Crippen MR) is 92.6 cm³/mol. The Hall–Kier alpha value is -2.44. The molecule has 1 aromatic heterocycles. The molecule has 0 aliphatic carbocycles. The zero-order valence-electron chi connectivity index (χ0n) is 12.0. The summed E-state index contributed by atoms with van der Waals surface area (Å²) in [6.45, 7) is 1.60. The SMILES string of the molecule is Cc1c(NC(=O)c2sc3ccccc3c2Cl)cccc1[N+](=O)[O-]. The summed E-state index contributed by atoms with van der Waals surface area (Å²) >= 11 is 7.57. The van der Waals surface area contributed by atoms with Crippen LogP contribution in [0.25, 0.3) is 10.1 Å². The van der Waals surface area contributed by atoms with Crippen LogP contribution in [-0.2, 0) is 0 Å². The van der Waals surface area contributed by atoms with Gasteiger partial charge in [-0.15, -0.1) is 11.3 Å². The highest BCUT2D eigenvalue weighted by molar-refractivity contribution is 7.21. The molecule has 1 N–H and O–H groups in total. The van der Waals surface area contributed by atoms with Crippen molar-refractivity contribution in [2.75, 3.05) is 5.32 Å². The Labute approximate surface area is 140 Å². The van der Waals surface area contributed by atoms with Crippen LogP contribution in [0.1, 0.15) is 15.2 Å². The Morgan fingerprint density at radius 2 is 1.96 bits per heavy atom. The molecule has 0 atom stereocenters. The topological polar surface area (TPSA) is 72.2 Å². The van der Waals surface area contributed by atoms with Crippen LogP contribution < -0.4 is 5.32 Å². The standard InChI is InChI=1S/C16H11ClN2O3S/c1-9-11(6-4-7-12(9)19(21)22)18-16(20)15-14(17)10-5-2-3-8-13(10)23-15/h2-8H,1H3,(H,18,20). The van der Waals surface area contributed by atoms with Crippen molar-refractivity contribution in [3.63, 3.8) is 0 Å². The molecule has 3 rings (SSSR count). The molecule has 1 amide bonds. The largest absolute Gasteiger partial charge is 0.321 e. The van der Waals surface area contributed by atoms with E-state index in [0.717, 1.165) is 10.1 Å². The highest BCUT2D eigenvalue weighted by Gasteiger charge is 2.19. The van der Waals surface area contributed by atoms with Gasteiger partial charge in [-0.2, -0.15) is 0 Å². The molecule has 0 saturated heterocycles. The lowest BCUT2D eigenvalue weighted by Crippen LogP contribution is -2.12. The Morgan fingerprint density at radius 1 is 1.22 bits per heavy atom. The van der Waals surface area contributed by atoms with Gasteiger partial charge in [-0.1, -0.05) is 35.9 Å². The van der Waals surface area contributed by atoms with Gasteiger partial charge in [-0.05, 0) is 19.1 Å². The van der Waals surface area contributed by atoms with Gasteiger partial charge >= 0.3 is 0 Å². The maximum atomic E-state index is 12.5. The third kappa shape index (κ3) is 2.78. The number of hydrogen-bond donors (Lipinski definition) is 1. The van der Waals surface area contributed by atoms with Crippen molar-refractivity contribution in [3.05, 3.63) is 68.0 Å². The zero-order valence-corrected chi connectivity index (χ0v) is 13.6. The minimum Gasteiger partial charge on any atom is -0.321 e. The number of hydrogen-bond acceptors (Lipinski definition) is 4. The molecule has 1 heterocycles. The quantitative estimate of drug-likeness (QED) is 0.534. The van der Waals surface area contributed by atoms with E-state index in [9.17, 15) is 14.9 Å². The van der Waals surface area contributed by atoms with Crippen LogP contribution in [0.3, 0.4) is 0 Å². The lowest BCUT2D eigenvalue weighted by atomic mass is 10.1. The number of rotatable bonds is 3. The van der Waals surface area contributed by atoms with Crippen LogP contribution in [0.2, 0.25) is 5.02 Å². The van der Waals surface area contributed by atoms with E-state index in [1.807, 2.05) is 24.3 Å². The van der Waals surface area contributed by atoms with E-state index in [2.05, 4.69) is 5.32 Å². The molecule has 2 aromatic carbocycles. The summed E-state index contributed by atoms with van der Waals surface area (Å²) in [6, 6.07) is 12.0. The van der Waals surface area contributed by atoms with E-state index in [0.29, 0.717) is 21.2 Å². The molecular formula is C16H11ClN2O3S. The average Bonchev–Trinajstić information content (AvgIpc) is 2.87. The van der Waals surface area contributed by atoms with Gasteiger partial charge in [0.25, 0.3) is 11.6 Å². The van der Waals surface area contributed by atoms with Gasteiger partial charge in [-0.25, -0.2) is 0 Å². The van der Waals surface area contributed by atoms with Crippen LogP contribution in [0, 0.1) is 17.0 Å². The van der Waals surface area contributed by atoms with Crippen LogP contribution >= 0.6 is 22.9 Å². The lowest BCUT2D eigenvalue weighted by molar-refractivity contribution is -0.385. The van der Waals surface area contributed by atoms with Gasteiger partial charge in [0.1, 0.15) is 4.88 Å². The van der Waals surface area contributed by atoms with Gasteiger partial charge in [0.05, 0.1) is 21.2 Å². The molecule has 3 aromatic rings. The van der Waals surface area contributed by atoms with E-state index >= 15 is 0 Å². The van der Waals surface area contributed by atoms with E-state index < -0.39 is 4.92 Å². The Kier molecular flexibility index (Phi) is 4.02. The maximum absolute atomic E-state index is 12.5. The van der Waals surface area contributed by atoms with Crippen molar-refractivity contribution < 1.29 is 9.72 Å². The van der Waals surface area contributed by atoms with Crippen molar-refractivity contribution in [3.8, 4) is 0 Å². The fourth-order valence-corrected chi connectivity index (χ4v) is 3.71. The number of halogens is 1. The number of nitrogens with zero attached hydrogens (tertiary/aromatic N) is 1. The Bertz CT molecular complexity index is 936. The number of amides is 1. The fraction of sp³-hybridized carbons (Fsp3) is 0.0625. The first-order valence-electron chi connectivity index (χ1n) is 6.71. The predicted octanol–water partition coefficient (Wildman–Crippen LogP) is 5.02. The first-order chi connectivity index (χ1) is 11.0. The third-order valence-electron chi connectivity index (χ3n) is 3.49. The Morgan fingerprint density at radius 3 is 2.65 bits per heavy atom. The van der Waals surface area contributed by atoms with Crippen LogP contribution in [0.15, 0.2) is 42.5 Å². The molecule has 0 fully saturated rings. The van der Waals surface area contributed by atoms with Gasteiger partial charge in [0.2, 0.25) is 0 Å². The highest BCUT2D eigenvalue weighted by atomic mass is 35.5. The molecule has 0 bridgehead atoms. The number of nitro benzene ring substituents is 1. The first kappa shape index (κ1) is 15.5. The monoisotopic (exact) mass is 346 g/mol. The molecule has 7 heteroatoms. The van der Waals surface area contributed by atoms with E-state index in [1.165, 1.54) is 23.5 Å². The van der Waals surface area contributed by atoms with E-state index in [4.69, 9.17) is 11.6 Å². The molecule has 0 aliphatic heterocycles. The van der Waals surface area contributed by atoms with Crippen molar-refractivity contribution in [2.24, 2.45) is 0 Å². The number of thiophene rings is 1. The van der Waals surface area contributed by atoms with Gasteiger partial charge in [0, 0.05) is 16.2 Å². The van der Waals surface area contributed by atoms with Crippen molar-refractivity contribution in [1.29, 1.82) is 0 Å². The number of carbonyl (C=O) groups excluding carboxylic acids is 1. The zero-order chi connectivity index (χ0) is 16.6. The van der Waals surface area contributed by atoms with Gasteiger partial charge in [-0.3, -0.25) is 14.9 Å². The minimum atomic E-state index is -0.475. The summed E-state index contributed by atoms with van der Waals surface area (Å²) in [6.07, 6.45) is 0. The molecule has 0 radical (unpaired) electrons. The molecule has 0 spiro atoms. The normalized spacial score (nSPS) is 10.7. The lowest BCUT2D eigenvalue weighted by Gasteiger charge is -2.07. The number of nitrogens with one attached hydrogen (secondary N) is 1. The maximum Gasteiger partial charge on any atom is 0.274 e. The molecule has 0 aliphatic rings. The third-order valence-corrected chi connectivity index (χ3v) is 5.17. The van der Waals surface area contributed by atoms with Crippen LogP contribution in [0.4, 0.5) is 11.4 Å². The molecule has 23 heavy (non-hydrogen) atoms. The summed E-state index contributed by atoms with van der Waals surface area (Å²) in [5.74, 6) is -0.375. The van der Waals surface area contributed by atoms with Gasteiger partial charge < -0.3 is 5.32 Å². The molecule has 5 nitrogen and oxygen atoms in total. The molecule has 0 saturated carbocycles. The Balaban J connectivity index is 1.97. The number of benzene rings is 2. The second-order valence-corrected chi connectivity index (χ2v) is 6.33. The smallest absolute Gasteiger partial charge is 0.274 e. The second kappa shape index (κ2) is 5.98. The van der Waals surface area contributed by atoms with Crippen LogP contribution in [-0.4, -0.2) is 10.8 Å². The van der Waals surface area contributed by atoms with Crippen molar-refractivity contribution in [1.82, 2.24) is 0 Å². The summed E-state index contributed by atoms with van der Waals surface area (Å²) in [4.78, 5) is 23.4. The highest BCUT2D eigenvalue weighted by Crippen LogP contribution is 2.36.